The van der Waals surface area contributed by atoms with E-state index in [0.717, 1.165) is 22.3 Å². The third kappa shape index (κ3) is 19.3. The summed E-state index contributed by atoms with van der Waals surface area (Å²) in [6, 6.07) is 36.2. The van der Waals surface area contributed by atoms with Gasteiger partial charge >= 0.3 is 24.1 Å². The van der Waals surface area contributed by atoms with Gasteiger partial charge < -0.3 is 41.0 Å². The first-order valence-electron chi connectivity index (χ1n) is 21.5. The number of alkyl carbamates (subject to hydrolysis) is 2. The third-order valence-electron chi connectivity index (χ3n) is 9.81. The lowest BCUT2D eigenvalue weighted by molar-refractivity contribution is -0.157. The monoisotopic (exact) mass is 850 g/mol. The fourth-order valence-electron chi connectivity index (χ4n) is 7.01. The lowest BCUT2D eigenvalue weighted by Crippen LogP contribution is -2.48. The molecule has 12 nitrogen and oxygen atoms in total. The number of nitrogens with one attached hydrogen (secondary N) is 2. The topological polar surface area (TPSA) is 181 Å². The van der Waals surface area contributed by atoms with Gasteiger partial charge in [-0.05, 0) is 89.5 Å². The average Bonchev–Trinajstić information content (AvgIpc) is 3.19. The Hall–Kier alpha value is -5.72. The molecule has 62 heavy (non-hydrogen) atoms. The van der Waals surface area contributed by atoms with Gasteiger partial charge in [0.1, 0.15) is 23.4 Å². The minimum atomic E-state index is -0.841. The van der Waals surface area contributed by atoms with E-state index in [9.17, 15) is 19.2 Å². The van der Waals surface area contributed by atoms with Crippen molar-refractivity contribution in [1.29, 1.82) is 0 Å². The molecule has 0 aromatic heterocycles. The lowest BCUT2D eigenvalue weighted by atomic mass is 9.94. The van der Waals surface area contributed by atoms with Crippen molar-refractivity contribution >= 4 is 24.1 Å². The van der Waals surface area contributed by atoms with Gasteiger partial charge in [0.05, 0.1) is 12.8 Å². The van der Waals surface area contributed by atoms with Crippen LogP contribution in [0.5, 0.6) is 0 Å². The Bertz CT molecular complexity index is 1810. The standard InChI is InChI=1S/C50H66N4O8/c1-49(2,3)61-47(57)53-39(29-35-19-11-7-12-20-35)33-43(41(51)31-37-23-15-9-16-24-37)59-45(55)27-28-46(56)60-44(42(52)32-38-25-17-10-18-26-38)34-40(30-36-21-13-8-14-22-36)54-48(58)62-50(4,5)6/h7-26,39-44H,27-34,51-52H2,1-6H3,(H,53,57)(H,54,58)/t39-,40-,41-,42-,43-,44-/m0/s1. The van der Waals surface area contributed by atoms with Gasteiger partial charge in [-0.2, -0.15) is 0 Å². The number of carbonyl (C=O) groups excluding carboxylic acids is 4. The summed E-state index contributed by atoms with van der Waals surface area (Å²) >= 11 is 0. The maximum atomic E-state index is 13.7. The molecule has 0 unspecified atom stereocenters. The summed E-state index contributed by atoms with van der Waals surface area (Å²) in [6.07, 6.45) is -1.45. The molecule has 6 atom stereocenters. The smallest absolute Gasteiger partial charge is 0.407 e. The first-order valence-corrected chi connectivity index (χ1v) is 21.5. The van der Waals surface area contributed by atoms with E-state index < -0.39 is 71.7 Å². The zero-order valence-corrected chi connectivity index (χ0v) is 37.1. The second-order valence-corrected chi connectivity index (χ2v) is 17.8. The van der Waals surface area contributed by atoms with Crippen molar-refractivity contribution in [2.45, 2.75) is 140 Å². The molecule has 2 amide bonds. The summed E-state index contributed by atoms with van der Waals surface area (Å²) in [5.74, 6) is -1.30. The van der Waals surface area contributed by atoms with Gasteiger partial charge in [-0.25, -0.2) is 9.59 Å². The molecule has 0 bridgehead atoms. The molecule has 334 valence electrons. The molecule has 4 rings (SSSR count). The Labute approximate surface area is 367 Å². The summed E-state index contributed by atoms with van der Waals surface area (Å²) in [5.41, 5.74) is 16.0. The fourth-order valence-corrected chi connectivity index (χ4v) is 7.01. The maximum absolute atomic E-state index is 13.7. The number of amides is 2. The van der Waals surface area contributed by atoms with Crippen LogP contribution in [0.25, 0.3) is 0 Å². The number of benzene rings is 4. The van der Waals surface area contributed by atoms with Crippen molar-refractivity contribution in [3.8, 4) is 0 Å². The molecule has 6 N–H and O–H groups in total. The second-order valence-electron chi connectivity index (χ2n) is 17.8. The summed E-state index contributed by atoms with van der Waals surface area (Å²) in [7, 11) is 0. The number of rotatable bonds is 21. The number of hydrogen-bond acceptors (Lipinski definition) is 10. The molecule has 0 heterocycles. The molecule has 0 radical (unpaired) electrons. The van der Waals surface area contributed by atoms with Crippen LogP contribution < -0.4 is 22.1 Å². The summed E-state index contributed by atoms with van der Waals surface area (Å²) in [4.78, 5) is 53.4. The van der Waals surface area contributed by atoms with Gasteiger partial charge in [0.25, 0.3) is 0 Å². The predicted molar refractivity (Wildman–Crippen MR) is 241 cm³/mol. The van der Waals surface area contributed by atoms with Crippen LogP contribution in [0.4, 0.5) is 9.59 Å². The molecule has 0 saturated carbocycles. The summed E-state index contributed by atoms with van der Waals surface area (Å²) in [6.45, 7) is 10.7. The van der Waals surface area contributed by atoms with Gasteiger partial charge in [0.2, 0.25) is 0 Å². The van der Waals surface area contributed by atoms with E-state index in [4.69, 9.17) is 30.4 Å². The van der Waals surface area contributed by atoms with Crippen LogP contribution >= 0.6 is 0 Å². The van der Waals surface area contributed by atoms with Crippen molar-refractivity contribution in [3.05, 3.63) is 144 Å². The molecule has 4 aromatic rings. The minimum absolute atomic E-state index is 0.183. The number of ether oxygens (including phenoxy) is 4. The van der Waals surface area contributed by atoms with Crippen LogP contribution in [0.2, 0.25) is 0 Å². The number of hydrogen-bond donors (Lipinski definition) is 4. The first-order chi connectivity index (χ1) is 29.4. The Morgan fingerprint density at radius 1 is 0.468 bits per heavy atom. The predicted octanol–water partition coefficient (Wildman–Crippen LogP) is 7.78. The van der Waals surface area contributed by atoms with E-state index in [-0.39, 0.29) is 25.7 Å². The van der Waals surface area contributed by atoms with Gasteiger partial charge in [-0.15, -0.1) is 0 Å². The lowest BCUT2D eigenvalue weighted by Gasteiger charge is -2.30. The fraction of sp³-hybridized carbons (Fsp3) is 0.440. The Balaban J connectivity index is 1.51. The summed E-state index contributed by atoms with van der Waals surface area (Å²) < 4.78 is 23.3. The third-order valence-corrected chi connectivity index (χ3v) is 9.81. The van der Waals surface area contributed by atoms with E-state index >= 15 is 0 Å². The minimum Gasteiger partial charge on any atom is -0.461 e. The van der Waals surface area contributed by atoms with Crippen molar-refractivity contribution in [1.82, 2.24) is 10.6 Å². The van der Waals surface area contributed by atoms with Crippen LogP contribution in [0.1, 0.15) is 89.5 Å². The van der Waals surface area contributed by atoms with Crippen LogP contribution in [0.15, 0.2) is 121 Å². The van der Waals surface area contributed by atoms with Gasteiger partial charge in [-0.3, -0.25) is 9.59 Å². The van der Waals surface area contributed by atoms with Gasteiger partial charge in [0.15, 0.2) is 0 Å². The molecule has 0 aliphatic heterocycles. The van der Waals surface area contributed by atoms with E-state index in [1.54, 1.807) is 41.5 Å². The zero-order chi connectivity index (χ0) is 45.1. The molecular weight excluding hydrogens is 785 g/mol. The molecule has 0 fully saturated rings. The molecule has 12 heteroatoms. The second kappa shape index (κ2) is 24.1. The van der Waals surface area contributed by atoms with Crippen LogP contribution in [0.3, 0.4) is 0 Å². The number of esters is 2. The molecule has 0 saturated heterocycles. The number of carbonyl (C=O) groups is 4. The molecule has 0 aliphatic carbocycles. The van der Waals surface area contributed by atoms with Crippen molar-refractivity contribution in [2.24, 2.45) is 11.5 Å². The number of nitrogens with two attached hydrogens (primary N) is 2. The summed E-state index contributed by atoms with van der Waals surface area (Å²) in [5, 5.41) is 5.94. The largest absolute Gasteiger partial charge is 0.461 e. The van der Waals surface area contributed by atoms with Crippen LogP contribution in [0, 0.1) is 0 Å². The molecular formula is C50H66N4O8. The Kier molecular flexibility index (Phi) is 19.0. The van der Waals surface area contributed by atoms with Crippen LogP contribution in [-0.2, 0) is 54.2 Å². The highest BCUT2D eigenvalue weighted by Gasteiger charge is 2.31. The quantitative estimate of drug-likeness (QED) is 0.0478. The molecule has 0 aliphatic rings. The molecule has 4 aromatic carbocycles. The van der Waals surface area contributed by atoms with Crippen molar-refractivity contribution in [3.63, 3.8) is 0 Å². The highest BCUT2D eigenvalue weighted by atomic mass is 16.6. The SMILES string of the molecule is CC(C)(C)OC(=O)N[C@@H](Cc1ccccc1)C[C@H](OC(=O)CCC(=O)O[C@@H](C[C@H](Cc1ccccc1)NC(=O)OC(C)(C)C)[C@@H](N)Cc1ccccc1)[C@@H](N)Cc1ccccc1. The van der Waals surface area contributed by atoms with E-state index in [1.807, 2.05) is 121 Å². The highest BCUT2D eigenvalue weighted by molar-refractivity contribution is 5.78. The van der Waals surface area contributed by atoms with Crippen LogP contribution in [-0.4, -0.2) is 71.7 Å². The van der Waals surface area contributed by atoms with Crippen molar-refractivity contribution in [2.75, 3.05) is 0 Å². The first kappa shape index (κ1) is 48.9. The van der Waals surface area contributed by atoms with Gasteiger partial charge in [0, 0.05) is 37.0 Å². The normalized spacial score (nSPS) is 14.5. The van der Waals surface area contributed by atoms with E-state index in [2.05, 4.69) is 10.6 Å². The molecule has 0 spiro atoms. The van der Waals surface area contributed by atoms with E-state index in [1.165, 1.54) is 0 Å². The average molecular weight is 851 g/mol. The van der Waals surface area contributed by atoms with Gasteiger partial charge in [-0.1, -0.05) is 121 Å². The zero-order valence-electron chi connectivity index (χ0n) is 37.1. The Morgan fingerprint density at radius 3 is 1.02 bits per heavy atom. The maximum Gasteiger partial charge on any atom is 0.407 e. The van der Waals surface area contributed by atoms with Crippen molar-refractivity contribution < 1.29 is 38.1 Å². The van der Waals surface area contributed by atoms with E-state index in [0.29, 0.717) is 25.7 Å². The highest BCUT2D eigenvalue weighted by Crippen LogP contribution is 2.20. The Morgan fingerprint density at radius 2 is 0.742 bits per heavy atom.